The van der Waals surface area contributed by atoms with Crippen molar-refractivity contribution in [2.45, 2.75) is 60.4 Å². The summed E-state index contributed by atoms with van der Waals surface area (Å²) in [5.74, 6) is -2.72. The fourth-order valence-corrected chi connectivity index (χ4v) is 1.04. The van der Waals surface area contributed by atoms with Crippen LogP contribution >= 0.6 is 0 Å². The standard InChI is InChI=1S/C13H23F2N.C2H6/c1-10(2)16(6)9-11(3)7-8-12(4)13(5,14)15;1-2/h7-8,10H,9H2,1-6H3;1-2H3/b11-7+,12-8+;. The molecule has 0 aromatic carbocycles. The molecule has 0 aliphatic carbocycles. The van der Waals surface area contributed by atoms with Crippen molar-refractivity contribution in [2.75, 3.05) is 13.6 Å². The van der Waals surface area contributed by atoms with Crippen molar-refractivity contribution >= 4 is 0 Å². The third kappa shape index (κ3) is 9.34. The van der Waals surface area contributed by atoms with Gasteiger partial charge in [0.05, 0.1) is 0 Å². The van der Waals surface area contributed by atoms with Gasteiger partial charge in [0.2, 0.25) is 0 Å². The molecule has 0 rings (SSSR count). The van der Waals surface area contributed by atoms with Gasteiger partial charge >= 0.3 is 0 Å². The molecule has 0 radical (unpaired) electrons. The van der Waals surface area contributed by atoms with Gasteiger partial charge in [0.1, 0.15) is 0 Å². The maximum absolute atomic E-state index is 12.8. The predicted octanol–water partition coefficient (Wildman–Crippen LogP) is 4.90. The van der Waals surface area contributed by atoms with Crippen molar-refractivity contribution in [3.05, 3.63) is 23.3 Å². The van der Waals surface area contributed by atoms with Crippen LogP contribution in [0.1, 0.15) is 48.5 Å². The smallest absolute Gasteiger partial charge is 0.266 e. The molecule has 0 saturated heterocycles. The number of nitrogens with zero attached hydrogens (tertiary/aromatic N) is 1. The summed E-state index contributed by atoms with van der Waals surface area (Å²) in [7, 11) is 2.02. The van der Waals surface area contributed by atoms with Gasteiger partial charge in [-0.05, 0) is 40.3 Å². The van der Waals surface area contributed by atoms with Crippen molar-refractivity contribution < 1.29 is 8.78 Å². The van der Waals surface area contributed by atoms with Crippen LogP contribution in [0.3, 0.4) is 0 Å². The maximum atomic E-state index is 12.8. The minimum absolute atomic E-state index is 0.0963. The summed E-state index contributed by atoms with van der Waals surface area (Å²) in [6.07, 6.45) is 3.27. The van der Waals surface area contributed by atoms with Crippen LogP contribution in [-0.2, 0) is 0 Å². The first-order chi connectivity index (χ1) is 8.14. The fourth-order valence-electron chi connectivity index (χ4n) is 1.04. The van der Waals surface area contributed by atoms with Gasteiger partial charge in [-0.25, -0.2) is 8.78 Å². The number of halogens is 2. The Labute approximate surface area is 112 Å². The van der Waals surface area contributed by atoms with Gasteiger partial charge in [-0.3, -0.25) is 0 Å². The fraction of sp³-hybridized carbons (Fsp3) is 0.733. The Morgan fingerprint density at radius 2 is 1.61 bits per heavy atom. The monoisotopic (exact) mass is 261 g/mol. The number of allylic oxidation sites excluding steroid dienone is 3. The molecule has 0 fully saturated rings. The Bertz CT molecular complexity index is 273. The highest BCUT2D eigenvalue weighted by Gasteiger charge is 2.22. The first-order valence-corrected chi connectivity index (χ1v) is 6.57. The van der Waals surface area contributed by atoms with E-state index in [1.165, 1.54) is 13.0 Å². The number of hydrogen-bond acceptors (Lipinski definition) is 1. The van der Waals surface area contributed by atoms with Gasteiger partial charge in [0.25, 0.3) is 5.92 Å². The van der Waals surface area contributed by atoms with Crippen LogP contribution in [0.4, 0.5) is 8.78 Å². The highest BCUT2D eigenvalue weighted by Crippen LogP contribution is 2.22. The van der Waals surface area contributed by atoms with Crippen LogP contribution < -0.4 is 0 Å². The summed E-state index contributed by atoms with van der Waals surface area (Å²) in [5.41, 5.74) is 1.18. The molecule has 108 valence electrons. The first-order valence-electron chi connectivity index (χ1n) is 6.57. The molecule has 0 unspecified atom stereocenters. The van der Waals surface area contributed by atoms with Crippen LogP contribution in [0.2, 0.25) is 0 Å². The van der Waals surface area contributed by atoms with Crippen molar-refractivity contribution in [2.24, 2.45) is 0 Å². The van der Waals surface area contributed by atoms with E-state index in [2.05, 4.69) is 18.7 Å². The van der Waals surface area contributed by atoms with Gasteiger partial charge in [0, 0.05) is 19.5 Å². The number of alkyl halides is 2. The molecule has 0 saturated carbocycles. The van der Waals surface area contributed by atoms with E-state index in [9.17, 15) is 8.78 Å². The number of rotatable bonds is 5. The Morgan fingerprint density at radius 1 is 1.17 bits per heavy atom. The van der Waals surface area contributed by atoms with Crippen molar-refractivity contribution in [3.8, 4) is 0 Å². The molecule has 18 heavy (non-hydrogen) atoms. The van der Waals surface area contributed by atoms with Crippen molar-refractivity contribution in [3.63, 3.8) is 0 Å². The van der Waals surface area contributed by atoms with E-state index in [-0.39, 0.29) is 5.57 Å². The molecule has 3 heteroatoms. The molecular weight excluding hydrogens is 232 g/mol. The van der Waals surface area contributed by atoms with E-state index in [0.29, 0.717) is 6.04 Å². The summed E-state index contributed by atoms with van der Waals surface area (Å²) in [6, 6.07) is 0.459. The quantitative estimate of drug-likeness (QED) is 0.636. The Morgan fingerprint density at radius 3 is 1.94 bits per heavy atom. The SMILES string of the molecule is C/C(=C\C=C(/C)C(C)(F)F)CN(C)C(C)C.CC. The molecule has 0 aliphatic heterocycles. The molecule has 1 nitrogen and oxygen atoms in total. The zero-order chi connectivity index (χ0) is 14.9. The van der Waals surface area contributed by atoms with Crippen molar-refractivity contribution in [1.29, 1.82) is 0 Å². The minimum atomic E-state index is -2.72. The van der Waals surface area contributed by atoms with Gasteiger partial charge < -0.3 is 4.90 Å². The average molecular weight is 261 g/mol. The lowest BCUT2D eigenvalue weighted by atomic mass is 10.1. The van der Waals surface area contributed by atoms with Crippen molar-refractivity contribution in [1.82, 2.24) is 4.90 Å². The lowest BCUT2D eigenvalue weighted by Crippen LogP contribution is -2.27. The second kappa shape index (κ2) is 9.26. The van der Waals surface area contributed by atoms with E-state index in [1.807, 2.05) is 27.8 Å². The van der Waals surface area contributed by atoms with E-state index in [0.717, 1.165) is 19.0 Å². The Hall–Kier alpha value is -0.700. The van der Waals surface area contributed by atoms with Crippen LogP contribution in [0.5, 0.6) is 0 Å². The molecule has 0 aliphatic rings. The molecule has 0 amide bonds. The van der Waals surface area contributed by atoms with Gasteiger partial charge in [-0.15, -0.1) is 0 Å². The van der Waals surface area contributed by atoms with Gasteiger partial charge in [0.15, 0.2) is 0 Å². The normalized spacial score (nSPS) is 13.8. The Kier molecular flexibility index (Phi) is 10.1. The highest BCUT2D eigenvalue weighted by molar-refractivity contribution is 5.20. The number of hydrogen-bond donors (Lipinski definition) is 0. The van der Waals surface area contributed by atoms with E-state index < -0.39 is 5.92 Å². The maximum Gasteiger partial charge on any atom is 0.266 e. The van der Waals surface area contributed by atoms with E-state index >= 15 is 0 Å². The van der Waals surface area contributed by atoms with Crippen LogP contribution in [0, 0.1) is 0 Å². The zero-order valence-electron chi connectivity index (χ0n) is 13.1. The average Bonchev–Trinajstić information content (AvgIpc) is 2.27. The summed E-state index contributed by atoms with van der Waals surface area (Å²) < 4.78 is 25.7. The third-order valence-electron chi connectivity index (χ3n) is 2.69. The topological polar surface area (TPSA) is 3.24 Å². The van der Waals surface area contributed by atoms with Crippen LogP contribution in [-0.4, -0.2) is 30.5 Å². The second-order valence-corrected chi connectivity index (χ2v) is 4.76. The number of likely N-dealkylation sites (N-methyl/N-ethyl adjacent to an activating group) is 1. The largest absolute Gasteiger partial charge is 0.300 e. The molecule has 0 N–H and O–H groups in total. The lowest BCUT2D eigenvalue weighted by Gasteiger charge is -2.21. The molecule has 0 spiro atoms. The molecule has 0 atom stereocenters. The van der Waals surface area contributed by atoms with Crippen LogP contribution in [0.25, 0.3) is 0 Å². The lowest BCUT2D eigenvalue weighted by molar-refractivity contribution is 0.0635. The molecular formula is C15H29F2N. The van der Waals surface area contributed by atoms with Gasteiger partial charge in [-0.1, -0.05) is 31.6 Å². The van der Waals surface area contributed by atoms with Gasteiger partial charge in [-0.2, -0.15) is 0 Å². The van der Waals surface area contributed by atoms with E-state index in [1.54, 1.807) is 6.08 Å². The molecule has 0 bridgehead atoms. The predicted molar refractivity (Wildman–Crippen MR) is 77.2 cm³/mol. The second-order valence-electron chi connectivity index (χ2n) is 4.76. The third-order valence-corrected chi connectivity index (χ3v) is 2.69. The summed E-state index contributed by atoms with van der Waals surface area (Å²) >= 11 is 0. The first kappa shape index (κ1) is 19.6. The summed E-state index contributed by atoms with van der Waals surface area (Å²) in [4.78, 5) is 2.17. The zero-order valence-corrected chi connectivity index (χ0v) is 13.1. The minimum Gasteiger partial charge on any atom is -0.300 e. The Balaban J connectivity index is 0. The molecule has 0 aromatic rings. The molecule has 0 aromatic heterocycles. The van der Waals surface area contributed by atoms with E-state index in [4.69, 9.17) is 0 Å². The van der Waals surface area contributed by atoms with Crippen LogP contribution in [0.15, 0.2) is 23.3 Å². The summed E-state index contributed by atoms with van der Waals surface area (Å²) in [6.45, 7) is 13.3. The molecule has 0 heterocycles. The highest BCUT2D eigenvalue weighted by atomic mass is 19.3. The summed E-state index contributed by atoms with van der Waals surface area (Å²) in [5, 5.41) is 0.